The molecule has 16 heavy (non-hydrogen) atoms. The molecule has 1 rings (SSSR count). The monoisotopic (exact) mass is 290 g/mol. The van der Waals surface area contributed by atoms with Crippen LogP contribution in [0.2, 0.25) is 0 Å². The van der Waals surface area contributed by atoms with Crippen LogP contribution in [0.1, 0.15) is 10.4 Å². The molecule has 0 unspecified atom stereocenters. The smallest absolute Gasteiger partial charge is 0.273 e. The fraction of sp³-hybridized carbons (Fsp3) is 0.222. The molecule has 0 heterocycles. The van der Waals surface area contributed by atoms with Gasteiger partial charge >= 0.3 is 0 Å². The summed E-state index contributed by atoms with van der Waals surface area (Å²) in [4.78, 5) is 21.1. The molecule has 1 amide bonds. The fourth-order valence-electron chi connectivity index (χ4n) is 1.07. The molecule has 1 aromatic carbocycles. The highest BCUT2D eigenvalue weighted by Crippen LogP contribution is 2.16. The van der Waals surface area contributed by atoms with E-state index in [1.54, 1.807) is 0 Å². The number of nitrogens with zero attached hydrogens (tertiary/aromatic N) is 1. The second-order valence-electron chi connectivity index (χ2n) is 2.90. The number of alkyl halides is 1. The van der Waals surface area contributed by atoms with Crippen LogP contribution in [0, 0.1) is 15.9 Å². The lowest BCUT2D eigenvalue weighted by atomic mass is 10.2. The minimum absolute atomic E-state index is 0.0624. The normalized spacial score (nSPS) is 9.88. The minimum Gasteiger partial charge on any atom is -0.351 e. The number of non-ortho nitro benzene ring substituents is 1. The molecule has 0 aliphatic carbocycles. The third-order valence-electron chi connectivity index (χ3n) is 1.74. The highest BCUT2D eigenvalue weighted by Gasteiger charge is 2.14. The molecule has 0 aliphatic heterocycles. The molecule has 86 valence electrons. The number of carbonyl (C=O) groups is 1. The van der Waals surface area contributed by atoms with Crippen LogP contribution in [0.25, 0.3) is 0 Å². The van der Waals surface area contributed by atoms with E-state index in [0.29, 0.717) is 11.9 Å². The van der Waals surface area contributed by atoms with E-state index >= 15 is 0 Å². The van der Waals surface area contributed by atoms with Gasteiger partial charge in [0.2, 0.25) is 0 Å². The van der Waals surface area contributed by atoms with Crippen LogP contribution >= 0.6 is 15.9 Å². The third kappa shape index (κ3) is 3.27. The van der Waals surface area contributed by atoms with Crippen molar-refractivity contribution in [3.05, 3.63) is 39.7 Å². The summed E-state index contributed by atoms with van der Waals surface area (Å²) in [5.74, 6) is -1.35. The summed E-state index contributed by atoms with van der Waals surface area (Å²) in [6.07, 6.45) is 0. The Morgan fingerprint density at radius 3 is 2.75 bits per heavy atom. The molecule has 0 spiro atoms. The van der Waals surface area contributed by atoms with Gasteiger partial charge in [-0.15, -0.1) is 0 Å². The molecule has 0 saturated carbocycles. The van der Waals surface area contributed by atoms with Gasteiger partial charge in [0.15, 0.2) is 0 Å². The maximum atomic E-state index is 13.0. The van der Waals surface area contributed by atoms with Crippen molar-refractivity contribution in [3.63, 3.8) is 0 Å². The van der Waals surface area contributed by atoms with Crippen LogP contribution in [-0.4, -0.2) is 22.7 Å². The van der Waals surface area contributed by atoms with Gasteiger partial charge in [-0.3, -0.25) is 14.9 Å². The molecule has 0 atom stereocenters. The fourth-order valence-corrected chi connectivity index (χ4v) is 1.27. The van der Waals surface area contributed by atoms with Crippen molar-refractivity contribution in [2.24, 2.45) is 0 Å². The number of amides is 1. The first kappa shape index (κ1) is 12.6. The number of hydrogen-bond donors (Lipinski definition) is 1. The SMILES string of the molecule is O=C(NCCBr)c1cc(F)cc([N+](=O)[O-])c1. The van der Waals surface area contributed by atoms with Crippen molar-refractivity contribution in [1.82, 2.24) is 5.32 Å². The summed E-state index contributed by atoms with van der Waals surface area (Å²) in [7, 11) is 0. The van der Waals surface area contributed by atoms with Gasteiger partial charge < -0.3 is 5.32 Å². The largest absolute Gasteiger partial charge is 0.351 e. The average Bonchev–Trinajstić information content (AvgIpc) is 2.24. The van der Waals surface area contributed by atoms with Gasteiger partial charge in [0.25, 0.3) is 11.6 Å². The topological polar surface area (TPSA) is 72.2 Å². The van der Waals surface area contributed by atoms with E-state index in [9.17, 15) is 19.3 Å². The first-order valence-corrected chi connectivity index (χ1v) is 5.46. The number of nitrogens with one attached hydrogen (secondary N) is 1. The molecule has 0 saturated heterocycles. The van der Waals surface area contributed by atoms with Crippen molar-refractivity contribution >= 4 is 27.5 Å². The number of rotatable bonds is 4. The molecular weight excluding hydrogens is 283 g/mol. The van der Waals surface area contributed by atoms with Crippen LogP contribution in [-0.2, 0) is 0 Å². The molecule has 0 aromatic heterocycles. The van der Waals surface area contributed by atoms with Gasteiger partial charge in [-0.2, -0.15) is 0 Å². The summed E-state index contributed by atoms with van der Waals surface area (Å²) in [5.41, 5.74) is -0.503. The highest BCUT2D eigenvalue weighted by atomic mass is 79.9. The predicted molar refractivity (Wildman–Crippen MR) is 59.2 cm³/mol. The Labute approximate surface area is 98.9 Å². The second-order valence-corrected chi connectivity index (χ2v) is 3.69. The zero-order valence-corrected chi connectivity index (χ0v) is 9.66. The van der Waals surface area contributed by atoms with Crippen molar-refractivity contribution in [1.29, 1.82) is 0 Å². The summed E-state index contributed by atoms with van der Waals surface area (Å²) in [6, 6.07) is 2.75. The molecule has 0 radical (unpaired) electrons. The lowest BCUT2D eigenvalue weighted by Gasteiger charge is -2.03. The molecule has 7 heteroatoms. The first-order valence-electron chi connectivity index (χ1n) is 4.33. The average molecular weight is 291 g/mol. The maximum Gasteiger partial charge on any atom is 0.273 e. The second kappa shape index (κ2) is 5.55. The highest BCUT2D eigenvalue weighted by molar-refractivity contribution is 9.09. The van der Waals surface area contributed by atoms with Crippen molar-refractivity contribution in [2.75, 3.05) is 11.9 Å². The quantitative estimate of drug-likeness (QED) is 0.523. The number of nitro groups is 1. The van der Waals surface area contributed by atoms with Crippen molar-refractivity contribution in [3.8, 4) is 0 Å². The van der Waals surface area contributed by atoms with Crippen LogP contribution in [0.15, 0.2) is 18.2 Å². The lowest BCUT2D eigenvalue weighted by Crippen LogP contribution is -2.25. The number of halogens is 2. The Hall–Kier alpha value is -1.50. The molecule has 0 aliphatic rings. The van der Waals surface area contributed by atoms with E-state index in [2.05, 4.69) is 21.2 Å². The van der Waals surface area contributed by atoms with E-state index in [-0.39, 0.29) is 5.56 Å². The predicted octanol–water partition coefficient (Wildman–Crippen LogP) is 1.86. The van der Waals surface area contributed by atoms with E-state index in [1.807, 2.05) is 0 Å². The van der Waals surface area contributed by atoms with E-state index < -0.39 is 22.3 Å². The van der Waals surface area contributed by atoms with Gasteiger partial charge in [-0.1, -0.05) is 15.9 Å². The Bertz CT molecular complexity index is 425. The van der Waals surface area contributed by atoms with Crippen LogP contribution in [0.3, 0.4) is 0 Å². The first-order chi connectivity index (χ1) is 7.54. The molecule has 1 aromatic rings. The number of benzene rings is 1. The summed E-state index contributed by atoms with van der Waals surface area (Å²) in [6.45, 7) is 0.364. The van der Waals surface area contributed by atoms with E-state index in [0.717, 1.165) is 18.2 Å². The van der Waals surface area contributed by atoms with E-state index in [4.69, 9.17) is 0 Å². The van der Waals surface area contributed by atoms with Crippen molar-refractivity contribution < 1.29 is 14.1 Å². The lowest BCUT2D eigenvalue weighted by molar-refractivity contribution is -0.385. The van der Waals surface area contributed by atoms with Gasteiger partial charge in [-0.05, 0) is 6.07 Å². The van der Waals surface area contributed by atoms with Gasteiger partial charge in [0.1, 0.15) is 5.82 Å². The zero-order valence-electron chi connectivity index (χ0n) is 8.07. The summed E-state index contributed by atoms with van der Waals surface area (Å²) >= 11 is 3.11. The molecule has 1 N–H and O–H groups in total. The number of carbonyl (C=O) groups excluding carboxylic acids is 1. The Morgan fingerprint density at radius 1 is 1.50 bits per heavy atom. The molecule has 5 nitrogen and oxygen atoms in total. The summed E-state index contributed by atoms with van der Waals surface area (Å²) in [5, 5.41) is 13.5. The zero-order chi connectivity index (χ0) is 12.1. The summed E-state index contributed by atoms with van der Waals surface area (Å²) < 4.78 is 13.0. The van der Waals surface area contributed by atoms with E-state index in [1.165, 1.54) is 0 Å². The van der Waals surface area contributed by atoms with Gasteiger partial charge in [0.05, 0.1) is 11.0 Å². The Kier molecular flexibility index (Phi) is 4.36. The van der Waals surface area contributed by atoms with Crippen LogP contribution < -0.4 is 5.32 Å². The number of nitro benzene ring substituents is 1. The van der Waals surface area contributed by atoms with Crippen LogP contribution in [0.5, 0.6) is 0 Å². The number of hydrogen-bond acceptors (Lipinski definition) is 3. The Morgan fingerprint density at radius 2 is 2.19 bits per heavy atom. The Balaban J connectivity index is 2.95. The molecular formula is C9H8BrFN2O3. The third-order valence-corrected chi connectivity index (χ3v) is 2.13. The molecule has 0 fully saturated rings. The minimum atomic E-state index is -0.807. The van der Waals surface area contributed by atoms with Crippen LogP contribution in [0.4, 0.5) is 10.1 Å². The van der Waals surface area contributed by atoms with Gasteiger partial charge in [-0.25, -0.2) is 4.39 Å². The molecule has 0 bridgehead atoms. The maximum absolute atomic E-state index is 13.0. The van der Waals surface area contributed by atoms with Crippen molar-refractivity contribution in [2.45, 2.75) is 0 Å². The standard InChI is InChI=1S/C9H8BrFN2O3/c10-1-2-12-9(14)6-3-7(11)5-8(4-6)13(15)16/h3-5H,1-2H2,(H,12,14). The van der Waals surface area contributed by atoms with Gasteiger partial charge in [0, 0.05) is 23.5 Å².